The third-order valence-corrected chi connectivity index (χ3v) is 4.51. The lowest BCUT2D eigenvalue weighted by Crippen LogP contribution is -2.35. The summed E-state index contributed by atoms with van der Waals surface area (Å²) in [5.74, 6) is 0.278. The van der Waals surface area contributed by atoms with Crippen molar-refractivity contribution in [3.8, 4) is 0 Å². The Morgan fingerprint density at radius 3 is 2.18 bits per heavy atom. The van der Waals surface area contributed by atoms with Gasteiger partial charge in [-0.1, -0.05) is 30.3 Å². The lowest BCUT2D eigenvalue weighted by molar-refractivity contribution is 0.0292. The number of benzene rings is 2. The van der Waals surface area contributed by atoms with Gasteiger partial charge in [0.05, 0.1) is 0 Å². The maximum absolute atomic E-state index is 12.2. The number of urea groups is 1. The van der Waals surface area contributed by atoms with Crippen LogP contribution in [0, 0.1) is 0 Å². The van der Waals surface area contributed by atoms with Crippen molar-refractivity contribution in [3.05, 3.63) is 60.2 Å². The van der Waals surface area contributed by atoms with Crippen LogP contribution in [-0.4, -0.2) is 35.7 Å². The lowest BCUT2D eigenvalue weighted by atomic mass is 9.98. The molecule has 3 amide bonds. The molecule has 0 aromatic heterocycles. The number of anilines is 2. The molecule has 1 aliphatic heterocycles. The zero-order valence-corrected chi connectivity index (χ0v) is 16.6. The topological polar surface area (TPSA) is 70.7 Å². The van der Waals surface area contributed by atoms with Crippen LogP contribution < -0.4 is 10.6 Å². The highest BCUT2D eigenvalue weighted by atomic mass is 16.6. The predicted molar refractivity (Wildman–Crippen MR) is 111 cm³/mol. The molecule has 0 bridgehead atoms. The number of rotatable bonds is 3. The Balaban J connectivity index is 1.53. The number of amides is 3. The molecule has 2 aromatic rings. The molecule has 1 fully saturated rings. The molecule has 1 atom stereocenters. The molecule has 0 saturated carbocycles. The van der Waals surface area contributed by atoms with Gasteiger partial charge in [0.2, 0.25) is 0 Å². The number of hydrogen-bond acceptors (Lipinski definition) is 3. The van der Waals surface area contributed by atoms with Gasteiger partial charge in [-0.2, -0.15) is 0 Å². The Morgan fingerprint density at radius 1 is 0.964 bits per heavy atom. The van der Waals surface area contributed by atoms with E-state index in [1.54, 1.807) is 4.90 Å². The summed E-state index contributed by atoms with van der Waals surface area (Å²) in [7, 11) is 0. The van der Waals surface area contributed by atoms with E-state index in [0.29, 0.717) is 13.1 Å². The quantitative estimate of drug-likeness (QED) is 0.781. The summed E-state index contributed by atoms with van der Waals surface area (Å²) in [6.45, 7) is 6.96. The molecule has 0 radical (unpaired) electrons. The van der Waals surface area contributed by atoms with E-state index in [1.807, 2.05) is 75.4 Å². The van der Waals surface area contributed by atoms with Gasteiger partial charge in [-0.05, 0) is 57.0 Å². The van der Waals surface area contributed by atoms with Crippen LogP contribution in [0.1, 0.15) is 38.7 Å². The van der Waals surface area contributed by atoms with E-state index in [-0.39, 0.29) is 18.0 Å². The molecular weight excluding hydrogens is 354 g/mol. The van der Waals surface area contributed by atoms with Gasteiger partial charge >= 0.3 is 12.1 Å². The smallest absolute Gasteiger partial charge is 0.410 e. The van der Waals surface area contributed by atoms with Crippen molar-refractivity contribution >= 4 is 23.5 Å². The van der Waals surface area contributed by atoms with Crippen molar-refractivity contribution in [2.75, 3.05) is 23.7 Å². The van der Waals surface area contributed by atoms with E-state index >= 15 is 0 Å². The highest BCUT2D eigenvalue weighted by molar-refractivity contribution is 5.99. The molecule has 0 aliphatic carbocycles. The minimum atomic E-state index is -0.483. The molecule has 1 unspecified atom stereocenters. The fourth-order valence-corrected chi connectivity index (χ4v) is 3.18. The number of nitrogens with zero attached hydrogens (tertiary/aromatic N) is 1. The number of ether oxygens (including phenoxy) is 1. The zero-order valence-electron chi connectivity index (χ0n) is 16.6. The van der Waals surface area contributed by atoms with Gasteiger partial charge in [-0.25, -0.2) is 9.59 Å². The maximum Gasteiger partial charge on any atom is 0.410 e. The summed E-state index contributed by atoms with van der Waals surface area (Å²) >= 11 is 0. The van der Waals surface area contributed by atoms with Crippen LogP contribution in [0.3, 0.4) is 0 Å². The number of para-hydroxylation sites is 1. The second-order valence-corrected chi connectivity index (χ2v) is 7.98. The SMILES string of the molecule is CC(C)(C)OC(=O)N1CCC(c2ccc(NC(=O)Nc3ccccc3)cc2)C1. The van der Waals surface area contributed by atoms with Gasteiger partial charge in [0, 0.05) is 30.4 Å². The Labute approximate surface area is 165 Å². The van der Waals surface area contributed by atoms with Gasteiger partial charge in [-0.15, -0.1) is 0 Å². The number of nitrogens with one attached hydrogen (secondary N) is 2. The van der Waals surface area contributed by atoms with E-state index in [1.165, 1.54) is 0 Å². The molecule has 2 N–H and O–H groups in total. The van der Waals surface area contributed by atoms with Gasteiger partial charge < -0.3 is 20.3 Å². The second kappa shape index (κ2) is 8.33. The molecule has 2 aromatic carbocycles. The Kier molecular flexibility index (Phi) is 5.87. The first-order valence-electron chi connectivity index (χ1n) is 9.51. The Morgan fingerprint density at radius 2 is 1.57 bits per heavy atom. The molecule has 1 heterocycles. The van der Waals surface area contributed by atoms with Crippen LogP contribution in [0.25, 0.3) is 0 Å². The van der Waals surface area contributed by atoms with Crippen LogP contribution in [0.5, 0.6) is 0 Å². The maximum atomic E-state index is 12.2. The van der Waals surface area contributed by atoms with E-state index < -0.39 is 5.60 Å². The van der Waals surface area contributed by atoms with Crippen molar-refractivity contribution in [3.63, 3.8) is 0 Å². The molecule has 3 rings (SSSR count). The molecular formula is C22H27N3O3. The van der Waals surface area contributed by atoms with Gasteiger partial charge in [0.15, 0.2) is 0 Å². The summed E-state index contributed by atoms with van der Waals surface area (Å²) in [5.41, 5.74) is 2.13. The molecule has 28 heavy (non-hydrogen) atoms. The largest absolute Gasteiger partial charge is 0.444 e. The van der Waals surface area contributed by atoms with Gasteiger partial charge in [0.1, 0.15) is 5.60 Å². The van der Waals surface area contributed by atoms with Crippen LogP contribution in [0.4, 0.5) is 21.0 Å². The van der Waals surface area contributed by atoms with Crippen molar-refractivity contribution in [1.82, 2.24) is 4.90 Å². The van der Waals surface area contributed by atoms with Crippen molar-refractivity contribution in [2.45, 2.75) is 38.7 Å². The second-order valence-electron chi connectivity index (χ2n) is 7.98. The van der Waals surface area contributed by atoms with Crippen LogP contribution in [-0.2, 0) is 4.74 Å². The summed E-state index contributed by atoms with van der Waals surface area (Å²) in [4.78, 5) is 26.0. The van der Waals surface area contributed by atoms with Crippen LogP contribution in [0.2, 0.25) is 0 Å². The predicted octanol–water partition coefficient (Wildman–Crippen LogP) is 5.06. The first-order chi connectivity index (χ1) is 13.3. The van der Waals surface area contributed by atoms with E-state index in [0.717, 1.165) is 23.4 Å². The summed E-state index contributed by atoms with van der Waals surface area (Å²) in [5, 5.41) is 5.62. The Hall–Kier alpha value is -3.02. The number of carbonyl (C=O) groups is 2. The van der Waals surface area contributed by atoms with Crippen molar-refractivity contribution in [1.29, 1.82) is 0 Å². The molecule has 1 saturated heterocycles. The highest BCUT2D eigenvalue weighted by Crippen LogP contribution is 2.29. The summed E-state index contributed by atoms with van der Waals surface area (Å²) in [6, 6.07) is 16.8. The van der Waals surface area contributed by atoms with Crippen molar-refractivity contribution in [2.24, 2.45) is 0 Å². The molecule has 0 spiro atoms. The third-order valence-electron chi connectivity index (χ3n) is 4.51. The molecule has 148 valence electrons. The number of carbonyl (C=O) groups excluding carboxylic acids is 2. The average molecular weight is 381 g/mol. The summed E-state index contributed by atoms with van der Waals surface area (Å²) in [6.07, 6.45) is 0.645. The van der Waals surface area contributed by atoms with Crippen molar-refractivity contribution < 1.29 is 14.3 Å². The van der Waals surface area contributed by atoms with Gasteiger partial charge in [-0.3, -0.25) is 0 Å². The molecule has 6 heteroatoms. The van der Waals surface area contributed by atoms with Gasteiger partial charge in [0.25, 0.3) is 0 Å². The first-order valence-corrected chi connectivity index (χ1v) is 9.51. The third kappa shape index (κ3) is 5.49. The van der Waals surface area contributed by atoms with Crippen LogP contribution in [0.15, 0.2) is 54.6 Å². The highest BCUT2D eigenvalue weighted by Gasteiger charge is 2.30. The molecule has 6 nitrogen and oxygen atoms in total. The minimum Gasteiger partial charge on any atom is -0.444 e. The fourth-order valence-electron chi connectivity index (χ4n) is 3.18. The lowest BCUT2D eigenvalue weighted by Gasteiger charge is -2.24. The monoisotopic (exact) mass is 381 g/mol. The minimum absolute atomic E-state index is 0.258. The summed E-state index contributed by atoms with van der Waals surface area (Å²) < 4.78 is 5.45. The van der Waals surface area contributed by atoms with Crippen LogP contribution >= 0.6 is 0 Å². The number of hydrogen-bond donors (Lipinski definition) is 2. The fraction of sp³-hybridized carbons (Fsp3) is 0.364. The normalized spacial score (nSPS) is 16.5. The first kappa shape index (κ1) is 19.7. The van der Waals surface area contributed by atoms with E-state index in [4.69, 9.17) is 4.74 Å². The molecule has 1 aliphatic rings. The standard InChI is InChI=1S/C22H27N3O3/c1-22(2,3)28-21(27)25-14-13-17(15-25)16-9-11-19(12-10-16)24-20(26)23-18-7-5-4-6-8-18/h4-12,17H,13-15H2,1-3H3,(H2,23,24,26). The number of likely N-dealkylation sites (tertiary alicyclic amines) is 1. The average Bonchev–Trinajstić information content (AvgIpc) is 3.12. The van der Waals surface area contributed by atoms with E-state index in [2.05, 4.69) is 10.6 Å². The Bertz CT molecular complexity index is 813. The zero-order chi connectivity index (χ0) is 20.1. The van der Waals surface area contributed by atoms with E-state index in [9.17, 15) is 9.59 Å².